The SMILES string of the molecule is CC(C)(C)OC(=O)N1CC(CS(N)(=O)=O)C1. The molecule has 0 radical (unpaired) electrons. The third kappa shape index (κ3) is 4.36. The van der Waals surface area contributed by atoms with Crippen LogP contribution in [0, 0.1) is 5.92 Å². The topological polar surface area (TPSA) is 89.7 Å². The zero-order chi connectivity index (χ0) is 12.6. The molecule has 6 nitrogen and oxygen atoms in total. The molecule has 1 rings (SSSR count). The maximum Gasteiger partial charge on any atom is 0.410 e. The van der Waals surface area contributed by atoms with Gasteiger partial charge in [0.15, 0.2) is 0 Å². The Balaban J connectivity index is 2.34. The molecule has 1 fully saturated rings. The molecule has 1 saturated heterocycles. The van der Waals surface area contributed by atoms with E-state index in [4.69, 9.17) is 9.88 Å². The zero-order valence-electron chi connectivity index (χ0n) is 9.76. The fourth-order valence-electron chi connectivity index (χ4n) is 1.48. The summed E-state index contributed by atoms with van der Waals surface area (Å²) in [4.78, 5) is 12.9. The second-order valence-corrected chi connectivity index (χ2v) is 6.74. The normalized spacial score (nSPS) is 18.1. The molecule has 94 valence electrons. The van der Waals surface area contributed by atoms with E-state index in [-0.39, 0.29) is 11.7 Å². The standard InChI is InChI=1S/C9H18N2O4S/c1-9(2,3)15-8(12)11-4-7(5-11)6-16(10,13)14/h7H,4-6H2,1-3H3,(H2,10,13,14). The smallest absolute Gasteiger partial charge is 0.410 e. The Bertz CT molecular complexity index is 365. The zero-order valence-corrected chi connectivity index (χ0v) is 10.6. The summed E-state index contributed by atoms with van der Waals surface area (Å²) in [6.07, 6.45) is -0.404. The van der Waals surface area contributed by atoms with E-state index >= 15 is 0 Å². The number of carbonyl (C=O) groups excluding carboxylic acids is 1. The summed E-state index contributed by atoms with van der Waals surface area (Å²) >= 11 is 0. The molecule has 0 atom stereocenters. The van der Waals surface area contributed by atoms with Crippen LogP contribution in [0.2, 0.25) is 0 Å². The molecular weight excluding hydrogens is 232 g/mol. The highest BCUT2D eigenvalue weighted by Gasteiger charge is 2.35. The maximum absolute atomic E-state index is 11.5. The van der Waals surface area contributed by atoms with Crippen molar-refractivity contribution in [1.82, 2.24) is 4.90 Å². The molecule has 0 aromatic carbocycles. The van der Waals surface area contributed by atoms with Crippen molar-refractivity contribution in [2.45, 2.75) is 26.4 Å². The lowest BCUT2D eigenvalue weighted by atomic mass is 10.0. The minimum absolute atomic E-state index is 0.0671. The number of rotatable bonds is 2. The first-order valence-corrected chi connectivity index (χ1v) is 6.77. The Hall–Kier alpha value is -0.820. The van der Waals surface area contributed by atoms with Gasteiger partial charge >= 0.3 is 6.09 Å². The Labute approximate surface area is 95.8 Å². The van der Waals surface area contributed by atoms with Crippen LogP contribution in [0.4, 0.5) is 4.79 Å². The van der Waals surface area contributed by atoms with Crippen LogP contribution in [0.15, 0.2) is 0 Å². The molecule has 0 aromatic rings. The summed E-state index contributed by atoms with van der Waals surface area (Å²) in [5, 5.41) is 4.91. The van der Waals surface area contributed by atoms with E-state index in [0.717, 1.165) is 0 Å². The highest BCUT2D eigenvalue weighted by molar-refractivity contribution is 7.89. The summed E-state index contributed by atoms with van der Waals surface area (Å²) in [5.41, 5.74) is -0.526. The molecule has 0 unspecified atom stereocenters. The van der Waals surface area contributed by atoms with Gasteiger partial charge in [-0.3, -0.25) is 0 Å². The molecule has 1 amide bonds. The Morgan fingerprint density at radius 2 is 1.94 bits per heavy atom. The molecule has 1 aliphatic heterocycles. The summed E-state index contributed by atoms with van der Waals surface area (Å²) < 4.78 is 26.7. The largest absolute Gasteiger partial charge is 0.444 e. The third-order valence-electron chi connectivity index (χ3n) is 2.08. The van der Waals surface area contributed by atoms with Crippen LogP contribution < -0.4 is 5.14 Å². The first kappa shape index (κ1) is 13.2. The number of nitrogens with zero attached hydrogens (tertiary/aromatic N) is 1. The second kappa shape index (κ2) is 4.21. The molecule has 16 heavy (non-hydrogen) atoms. The van der Waals surface area contributed by atoms with E-state index in [2.05, 4.69) is 0 Å². The fraction of sp³-hybridized carbons (Fsp3) is 0.889. The van der Waals surface area contributed by atoms with Crippen molar-refractivity contribution in [2.24, 2.45) is 11.1 Å². The number of nitrogens with two attached hydrogens (primary N) is 1. The second-order valence-electron chi connectivity index (χ2n) is 5.08. The van der Waals surface area contributed by atoms with Gasteiger partial charge in [-0.25, -0.2) is 18.4 Å². The lowest BCUT2D eigenvalue weighted by Gasteiger charge is -2.39. The predicted octanol–water partition coefficient (Wildman–Crippen LogP) is 0.142. The van der Waals surface area contributed by atoms with Crippen molar-refractivity contribution in [3.05, 3.63) is 0 Å². The summed E-state index contributed by atoms with van der Waals surface area (Å²) in [6, 6.07) is 0. The molecule has 7 heteroatoms. The Kier molecular flexibility index (Phi) is 3.49. The van der Waals surface area contributed by atoms with Gasteiger partial charge < -0.3 is 9.64 Å². The molecule has 1 aliphatic rings. The molecule has 2 N–H and O–H groups in total. The van der Waals surface area contributed by atoms with Gasteiger partial charge in [0.1, 0.15) is 5.60 Å². The van der Waals surface area contributed by atoms with Gasteiger partial charge in [-0.05, 0) is 20.8 Å². The van der Waals surface area contributed by atoms with E-state index in [9.17, 15) is 13.2 Å². The van der Waals surface area contributed by atoms with Crippen molar-refractivity contribution < 1.29 is 17.9 Å². The Morgan fingerprint density at radius 3 is 2.31 bits per heavy atom. The number of hydrogen-bond donors (Lipinski definition) is 1. The number of primary sulfonamides is 1. The molecule has 0 spiro atoms. The van der Waals surface area contributed by atoms with Gasteiger partial charge in [-0.15, -0.1) is 0 Å². The van der Waals surface area contributed by atoms with Crippen molar-refractivity contribution in [3.63, 3.8) is 0 Å². The monoisotopic (exact) mass is 250 g/mol. The first-order chi connectivity index (χ1) is 7.07. The van der Waals surface area contributed by atoms with E-state index in [0.29, 0.717) is 13.1 Å². The summed E-state index contributed by atoms with van der Waals surface area (Å²) in [6.45, 7) is 6.14. The van der Waals surface area contributed by atoms with Gasteiger partial charge in [0, 0.05) is 19.0 Å². The van der Waals surface area contributed by atoms with E-state index in [1.165, 1.54) is 4.90 Å². The van der Waals surface area contributed by atoms with Gasteiger partial charge in [0.25, 0.3) is 0 Å². The van der Waals surface area contributed by atoms with Gasteiger partial charge in [0.2, 0.25) is 10.0 Å². The van der Waals surface area contributed by atoms with Crippen molar-refractivity contribution >= 4 is 16.1 Å². The van der Waals surface area contributed by atoms with E-state index in [1.807, 2.05) is 0 Å². The average Bonchev–Trinajstić information content (AvgIpc) is 1.89. The Morgan fingerprint density at radius 1 is 1.44 bits per heavy atom. The quantitative estimate of drug-likeness (QED) is 0.755. The number of likely N-dealkylation sites (tertiary alicyclic amines) is 1. The highest BCUT2D eigenvalue weighted by Crippen LogP contribution is 2.20. The number of hydrogen-bond acceptors (Lipinski definition) is 4. The minimum Gasteiger partial charge on any atom is -0.444 e. The van der Waals surface area contributed by atoms with E-state index in [1.54, 1.807) is 20.8 Å². The summed E-state index contributed by atoms with van der Waals surface area (Å²) in [5.74, 6) is -0.144. The van der Waals surface area contributed by atoms with Crippen LogP contribution in [0.3, 0.4) is 0 Å². The van der Waals surface area contributed by atoms with Crippen LogP contribution in [-0.2, 0) is 14.8 Å². The molecular formula is C9H18N2O4S. The lowest BCUT2D eigenvalue weighted by Crippen LogP contribution is -2.54. The predicted molar refractivity (Wildman–Crippen MR) is 59.3 cm³/mol. The van der Waals surface area contributed by atoms with Crippen LogP contribution in [0.5, 0.6) is 0 Å². The number of ether oxygens (including phenoxy) is 1. The number of amides is 1. The van der Waals surface area contributed by atoms with Crippen LogP contribution in [0.25, 0.3) is 0 Å². The van der Waals surface area contributed by atoms with Crippen molar-refractivity contribution in [3.8, 4) is 0 Å². The molecule has 0 aromatic heterocycles. The van der Waals surface area contributed by atoms with Crippen LogP contribution >= 0.6 is 0 Å². The number of sulfonamides is 1. The molecule has 0 bridgehead atoms. The fourth-order valence-corrected chi connectivity index (χ4v) is 2.35. The molecule has 1 heterocycles. The van der Waals surface area contributed by atoms with Crippen molar-refractivity contribution in [2.75, 3.05) is 18.8 Å². The third-order valence-corrected chi connectivity index (χ3v) is 3.01. The maximum atomic E-state index is 11.5. The van der Waals surface area contributed by atoms with E-state index < -0.39 is 21.7 Å². The first-order valence-electron chi connectivity index (χ1n) is 5.05. The van der Waals surface area contributed by atoms with Crippen LogP contribution in [-0.4, -0.2) is 43.9 Å². The summed E-state index contributed by atoms with van der Waals surface area (Å²) in [7, 11) is -3.45. The van der Waals surface area contributed by atoms with Gasteiger partial charge in [-0.1, -0.05) is 0 Å². The lowest BCUT2D eigenvalue weighted by molar-refractivity contribution is 0.00191. The van der Waals surface area contributed by atoms with Crippen LogP contribution in [0.1, 0.15) is 20.8 Å². The van der Waals surface area contributed by atoms with Gasteiger partial charge in [0.05, 0.1) is 5.75 Å². The molecule has 0 aliphatic carbocycles. The number of carbonyl (C=O) groups is 1. The van der Waals surface area contributed by atoms with Crippen molar-refractivity contribution in [1.29, 1.82) is 0 Å². The minimum atomic E-state index is -3.45. The van der Waals surface area contributed by atoms with Gasteiger partial charge in [-0.2, -0.15) is 0 Å². The highest BCUT2D eigenvalue weighted by atomic mass is 32.2. The molecule has 0 saturated carbocycles. The average molecular weight is 250 g/mol.